The van der Waals surface area contributed by atoms with E-state index in [-0.39, 0.29) is 5.97 Å². The number of carbonyl (C=O) groups is 2. The van der Waals surface area contributed by atoms with Crippen molar-refractivity contribution in [1.29, 1.82) is 0 Å². The van der Waals surface area contributed by atoms with Crippen molar-refractivity contribution < 1.29 is 19.1 Å². The largest absolute Gasteiger partial charge is 0.464 e. The number of allylic oxidation sites excluding steroid dienone is 2. The Bertz CT molecular complexity index is 741. The molecule has 3 rings (SSSR count). The molecule has 29 heavy (non-hydrogen) atoms. The van der Waals surface area contributed by atoms with E-state index >= 15 is 0 Å². The molecular weight excluding hydrogens is 374 g/mol. The van der Waals surface area contributed by atoms with Gasteiger partial charge in [0.2, 0.25) is 0 Å². The van der Waals surface area contributed by atoms with E-state index in [1.54, 1.807) is 11.8 Å². The van der Waals surface area contributed by atoms with Gasteiger partial charge >= 0.3 is 12.1 Å². The number of hydrogen-bond donors (Lipinski definition) is 1. The van der Waals surface area contributed by atoms with Gasteiger partial charge in [0.25, 0.3) is 0 Å². The highest BCUT2D eigenvalue weighted by Crippen LogP contribution is 2.41. The molecule has 0 aromatic carbocycles. The number of nitrogens with one attached hydrogen (secondary N) is 1. The molecule has 1 N–H and O–H groups in total. The third-order valence-corrected chi connectivity index (χ3v) is 5.52. The van der Waals surface area contributed by atoms with Crippen LogP contribution in [0.25, 0.3) is 0 Å². The molecule has 2 heterocycles. The summed E-state index contributed by atoms with van der Waals surface area (Å²) in [6.07, 6.45) is 5.90. The number of fused-ring (bicyclic) bond motifs is 1. The fourth-order valence-electron chi connectivity index (χ4n) is 4.20. The number of aromatic amines is 1. The molecule has 1 amide bonds. The predicted molar refractivity (Wildman–Crippen MR) is 105 cm³/mol. The lowest BCUT2D eigenvalue weighted by Crippen LogP contribution is -2.55. The van der Waals surface area contributed by atoms with Gasteiger partial charge in [-0.05, 0) is 75.6 Å². The van der Waals surface area contributed by atoms with Gasteiger partial charge in [0.15, 0.2) is 5.82 Å². The highest BCUT2D eigenvalue weighted by atomic mass is 16.6. The first-order valence-corrected chi connectivity index (χ1v) is 10.3. The Hall–Kier alpha value is -2.45. The second-order valence-corrected chi connectivity index (χ2v) is 8.81. The number of amides is 1. The van der Waals surface area contributed by atoms with Crippen LogP contribution in [0.1, 0.15) is 59.2 Å². The molecule has 160 valence electrons. The van der Waals surface area contributed by atoms with Crippen LogP contribution in [0.5, 0.6) is 0 Å². The van der Waals surface area contributed by atoms with Crippen molar-refractivity contribution >= 4 is 12.1 Å². The third kappa shape index (κ3) is 5.55. The lowest BCUT2D eigenvalue weighted by atomic mass is 9.71. The van der Waals surface area contributed by atoms with Crippen molar-refractivity contribution in [2.75, 3.05) is 13.2 Å². The van der Waals surface area contributed by atoms with Crippen molar-refractivity contribution in [2.24, 2.45) is 11.8 Å². The van der Waals surface area contributed by atoms with Crippen LogP contribution >= 0.6 is 0 Å². The van der Waals surface area contributed by atoms with E-state index in [0.29, 0.717) is 37.8 Å². The molecule has 9 nitrogen and oxygen atoms in total. The van der Waals surface area contributed by atoms with Gasteiger partial charge < -0.3 is 9.47 Å². The molecule has 0 radical (unpaired) electrons. The number of hydrogen-bond acceptors (Lipinski definition) is 7. The fourth-order valence-corrected chi connectivity index (χ4v) is 4.20. The van der Waals surface area contributed by atoms with Gasteiger partial charge in [0.05, 0.1) is 6.61 Å². The van der Waals surface area contributed by atoms with Crippen LogP contribution in [0.2, 0.25) is 0 Å². The van der Waals surface area contributed by atoms with Crippen LogP contribution in [0.4, 0.5) is 4.79 Å². The molecule has 1 saturated carbocycles. The van der Waals surface area contributed by atoms with Crippen LogP contribution in [0.15, 0.2) is 11.6 Å². The third-order valence-electron chi connectivity index (χ3n) is 5.52. The van der Waals surface area contributed by atoms with E-state index in [9.17, 15) is 9.59 Å². The molecule has 1 aliphatic carbocycles. The first-order valence-electron chi connectivity index (χ1n) is 10.3. The van der Waals surface area contributed by atoms with Gasteiger partial charge in [-0.2, -0.15) is 0 Å². The van der Waals surface area contributed by atoms with Crippen LogP contribution in [-0.2, 0) is 20.7 Å². The van der Waals surface area contributed by atoms with Crippen molar-refractivity contribution in [1.82, 2.24) is 25.5 Å². The van der Waals surface area contributed by atoms with Crippen molar-refractivity contribution in [3.63, 3.8) is 0 Å². The molecule has 0 bridgehead atoms. The van der Waals surface area contributed by atoms with E-state index in [1.165, 1.54) is 5.57 Å². The summed E-state index contributed by atoms with van der Waals surface area (Å²) >= 11 is 0. The molecule has 2 fully saturated rings. The molecule has 0 spiro atoms. The van der Waals surface area contributed by atoms with Crippen LogP contribution < -0.4 is 0 Å². The zero-order chi connectivity index (χ0) is 21.0. The molecule has 1 aromatic rings. The van der Waals surface area contributed by atoms with Crippen LogP contribution in [-0.4, -0.2) is 62.4 Å². The van der Waals surface area contributed by atoms with Crippen LogP contribution in [0.3, 0.4) is 0 Å². The molecule has 1 aliphatic heterocycles. The Kier molecular flexibility index (Phi) is 6.54. The van der Waals surface area contributed by atoms with Gasteiger partial charge in [-0.3, -0.25) is 4.90 Å². The summed E-state index contributed by atoms with van der Waals surface area (Å²) < 4.78 is 10.8. The molecule has 9 heteroatoms. The highest BCUT2D eigenvalue weighted by Gasteiger charge is 2.44. The van der Waals surface area contributed by atoms with Gasteiger partial charge in [-0.1, -0.05) is 11.6 Å². The zero-order valence-electron chi connectivity index (χ0n) is 17.7. The summed E-state index contributed by atoms with van der Waals surface area (Å²) in [5, 5.41) is 13.9. The van der Waals surface area contributed by atoms with Gasteiger partial charge in [-0.15, -0.1) is 5.10 Å². The van der Waals surface area contributed by atoms with Gasteiger partial charge in [-0.25, -0.2) is 14.7 Å². The average Bonchev–Trinajstić information content (AvgIpc) is 3.17. The number of aromatic nitrogens is 4. The maximum Gasteiger partial charge on any atom is 0.411 e. The lowest BCUT2D eigenvalue weighted by Gasteiger charge is -2.45. The van der Waals surface area contributed by atoms with Crippen molar-refractivity contribution in [3.05, 3.63) is 17.5 Å². The Labute approximate surface area is 171 Å². The standard InChI is InChI=1S/C20H31N5O4/c1-5-28-18(26)16-11-15-10-13(7-9-17-21-23-24-22-17)6-8-14(15)12-25(16)19(27)29-20(2,3)4/h7,14-16H,5-6,8-12H2,1-4H3,(H,21,22,23,24)/b13-7+/t14-,15+,16-/m0/s1. The zero-order valence-corrected chi connectivity index (χ0v) is 17.7. The van der Waals surface area contributed by atoms with Crippen molar-refractivity contribution in [2.45, 2.75) is 71.4 Å². The number of esters is 1. The van der Waals surface area contributed by atoms with E-state index < -0.39 is 17.7 Å². The quantitative estimate of drug-likeness (QED) is 0.605. The minimum atomic E-state index is -0.606. The van der Waals surface area contributed by atoms with E-state index in [4.69, 9.17) is 9.47 Å². The monoisotopic (exact) mass is 405 g/mol. The normalized spacial score (nSPS) is 26.1. The second kappa shape index (κ2) is 8.92. The maximum atomic E-state index is 12.8. The van der Waals surface area contributed by atoms with Gasteiger partial charge in [0.1, 0.15) is 11.6 Å². The molecule has 1 aromatic heterocycles. The maximum absolute atomic E-state index is 12.8. The predicted octanol–water partition coefficient (Wildman–Crippen LogP) is 2.66. The van der Waals surface area contributed by atoms with E-state index in [0.717, 1.165) is 25.1 Å². The summed E-state index contributed by atoms with van der Waals surface area (Å²) in [5.41, 5.74) is 0.751. The SMILES string of the molecule is CCOC(=O)[C@@H]1C[C@H]2C/C(=C/Cc3nnn[nH]3)CC[C@H]2CN1C(=O)OC(C)(C)C. The topological polar surface area (TPSA) is 110 Å². The molecule has 3 atom stereocenters. The minimum absolute atomic E-state index is 0.294. The van der Waals surface area contributed by atoms with Gasteiger partial charge in [0, 0.05) is 13.0 Å². The van der Waals surface area contributed by atoms with E-state index in [1.807, 2.05) is 20.8 Å². The molecular formula is C20H31N5O4. The van der Waals surface area contributed by atoms with Crippen molar-refractivity contribution in [3.8, 4) is 0 Å². The summed E-state index contributed by atoms with van der Waals surface area (Å²) in [6.45, 7) is 8.10. The molecule has 1 saturated heterocycles. The Morgan fingerprint density at radius 1 is 1.31 bits per heavy atom. The molecule has 2 aliphatic rings. The lowest BCUT2D eigenvalue weighted by molar-refractivity contribution is -0.152. The Balaban J connectivity index is 1.70. The number of H-pyrrole nitrogens is 1. The summed E-state index contributed by atoms with van der Waals surface area (Å²) in [6, 6.07) is -0.594. The number of likely N-dealkylation sites (tertiary alicyclic amines) is 1. The Morgan fingerprint density at radius 3 is 2.76 bits per heavy atom. The summed E-state index contributed by atoms with van der Waals surface area (Å²) in [4.78, 5) is 27.0. The average molecular weight is 405 g/mol. The second-order valence-electron chi connectivity index (χ2n) is 8.81. The summed E-state index contributed by atoms with van der Waals surface area (Å²) in [7, 11) is 0. The number of rotatable bonds is 4. The highest BCUT2D eigenvalue weighted by molar-refractivity contribution is 5.82. The smallest absolute Gasteiger partial charge is 0.411 e. The van der Waals surface area contributed by atoms with Crippen LogP contribution in [0, 0.1) is 11.8 Å². The number of tetrazole rings is 1. The van der Waals surface area contributed by atoms with E-state index in [2.05, 4.69) is 26.7 Å². The molecule has 0 unspecified atom stereocenters. The number of ether oxygens (including phenoxy) is 2. The fraction of sp³-hybridized carbons (Fsp3) is 0.750. The first-order chi connectivity index (χ1) is 13.8. The number of nitrogens with zero attached hydrogens (tertiary/aromatic N) is 4. The Morgan fingerprint density at radius 2 is 2.10 bits per heavy atom. The number of piperidine rings is 1. The number of carbonyl (C=O) groups excluding carboxylic acids is 2. The summed E-state index contributed by atoms with van der Waals surface area (Å²) in [5.74, 6) is 1.10. The first kappa shape index (κ1) is 21.3. The minimum Gasteiger partial charge on any atom is -0.464 e.